The Labute approximate surface area is 93.5 Å². The van der Waals surface area contributed by atoms with Crippen LogP contribution in [0.5, 0.6) is 5.75 Å². The van der Waals surface area contributed by atoms with E-state index in [1.807, 2.05) is 11.9 Å². The third-order valence-electron chi connectivity index (χ3n) is 2.33. The van der Waals surface area contributed by atoms with E-state index in [1.54, 1.807) is 12.7 Å². The number of benzene rings is 1. The van der Waals surface area contributed by atoms with Gasteiger partial charge in [-0.25, -0.2) is 8.42 Å². The van der Waals surface area contributed by atoms with Gasteiger partial charge in [-0.05, 0) is 12.1 Å². The van der Waals surface area contributed by atoms with Crippen LogP contribution < -0.4 is 14.5 Å². The molecule has 2 N–H and O–H groups in total. The molecule has 87 valence electrons. The minimum atomic E-state index is -3.86. The van der Waals surface area contributed by atoms with Crippen molar-refractivity contribution in [3.05, 3.63) is 24.8 Å². The Hall–Kier alpha value is -1.31. The van der Waals surface area contributed by atoms with Gasteiger partial charge in [-0.15, -0.1) is 0 Å². The molecule has 0 atom stereocenters. The lowest BCUT2D eigenvalue weighted by atomic mass is 10.2. The highest BCUT2D eigenvalue weighted by Crippen LogP contribution is 2.33. The summed E-state index contributed by atoms with van der Waals surface area (Å²) in [5, 5.41) is 8.51. The summed E-state index contributed by atoms with van der Waals surface area (Å²) in [4.78, 5) is 3.14. The second-order valence-corrected chi connectivity index (χ2v) is 5.05. The van der Waals surface area contributed by atoms with Crippen molar-refractivity contribution in [2.24, 2.45) is 0 Å². The van der Waals surface area contributed by atoms with Gasteiger partial charge in [0.05, 0.1) is 17.1 Å². The molecule has 0 spiro atoms. The summed E-state index contributed by atoms with van der Waals surface area (Å²) in [6.07, 6.45) is 0. The van der Waals surface area contributed by atoms with Crippen molar-refractivity contribution < 1.29 is 18.4 Å². The van der Waals surface area contributed by atoms with Gasteiger partial charge in [-0.1, -0.05) is 4.89 Å². The molecule has 1 aliphatic rings. The van der Waals surface area contributed by atoms with Crippen molar-refractivity contribution in [2.45, 2.75) is 4.90 Å². The van der Waals surface area contributed by atoms with Crippen molar-refractivity contribution in [1.82, 2.24) is 4.89 Å². The summed E-state index contributed by atoms with van der Waals surface area (Å²) in [5.41, 5.74) is 0.805. The van der Waals surface area contributed by atoms with Gasteiger partial charge in [0.1, 0.15) is 5.75 Å². The van der Waals surface area contributed by atoms with Crippen LogP contribution in [0.1, 0.15) is 0 Å². The van der Waals surface area contributed by atoms with Gasteiger partial charge in [0, 0.05) is 13.1 Å². The van der Waals surface area contributed by atoms with Crippen LogP contribution in [0.15, 0.2) is 23.1 Å². The molecule has 1 heterocycles. The molecule has 0 saturated carbocycles. The Morgan fingerprint density at radius 2 is 2.25 bits per heavy atom. The zero-order valence-electron chi connectivity index (χ0n) is 8.54. The van der Waals surface area contributed by atoms with Gasteiger partial charge in [-0.3, -0.25) is 0 Å². The van der Waals surface area contributed by atoms with Gasteiger partial charge in [0.25, 0.3) is 10.0 Å². The zero-order chi connectivity index (χ0) is 11.8. The molecule has 1 aliphatic heterocycles. The minimum Gasteiger partial charge on any atom is -0.482 e. The number of nitrogens with one attached hydrogen (secondary N) is 1. The average molecular weight is 243 g/mol. The number of rotatable bonds is 2. The summed E-state index contributed by atoms with van der Waals surface area (Å²) in [7, 11) is -1.98. The van der Waals surface area contributed by atoms with Crippen LogP contribution in [0.2, 0.25) is 0 Å². The highest BCUT2D eigenvalue weighted by Gasteiger charge is 2.20. The normalized spacial score (nSPS) is 15.5. The molecule has 2 rings (SSSR count). The van der Waals surface area contributed by atoms with Gasteiger partial charge in [-0.2, -0.15) is 0 Å². The summed E-state index contributed by atoms with van der Waals surface area (Å²) in [5.74, 6) is 0.449. The number of nitrogens with zero attached hydrogens (tertiary/aromatic N) is 1. The van der Waals surface area contributed by atoms with Crippen molar-refractivity contribution in [2.75, 3.05) is 18.5 Å². The third kappa shape index (κ3) is 1.84. The van der Waals surface area contributed by atoms with Crippen LogP contribution in [-0.4, -0.2) is 27.2 Å². The van der Waals surface area contributed by atoms with Crippen molar-refractivity contribution in [1.29, 1.82) is 0 Å². The standard InChI is InChI=1S/C9H11N2O4S/c1-11-4-5-15-9-6-7(2-3-8(9)11)16(13,14)10-12/h2-3,5-6,10,12H,4H2,1H3. The largest absolute Gasteiger partial charge is 0.482 e. The molecular weight excluding hydrogens is 232 g/mol. The van der Waals surface area contributed by atoms with Gasteiger partial charge >= 0.3 is 0 Å². The molecule has 0 fully saturated rings. The van der Waals surface area contributed by atoms with Crippen molar-refractivity contribution in [3.8, 4) is 5.75 Å². The zero-order valence-corrected chi connectivity index (χ0v) is 9.36. The van der Waals surface area contributed by atoms with E-state index >= 15 is 0 Å². The Bertz CT molecular complexity index is 500. The fourth-order valence-corrected chi connectivity index (χ4v) is 2.08. The van der Waals surface area contributed by atoms with Gasteiger partial charge in [0.2, 0.25) is 0 Å². The van der Waals surface area contributed by atoms with E-state index in [4.69, 9.17) is 9.94 Å². The quantitative estimate of drug-likeness (QED) is 0.732. The lowest BCUT2D eigenvalue weighted by Crippen LogP contribution is -2.26. The molecule has 0 aromatic heterocycles. The minimum absolute atomic E-state index is 0.0440. The first-order chi connectivity index (χ1) is 7.54. The Morgan fingerprint density at radius 1 is 1.50 bits per heavy atom. The smallest absolute Gasteiger partial charge is 0.262 e. The summed E-state index contributed by atoms with van der Waals surface area (Å²) in [6, 6.07) is 4.40. The molecule has 0 saturated heterocycles. The SMILES string of the molecule is CN1C[CH]Oc2cc(S(=O)(=O)NO)ccc21. The lowest BCUT2D eigenvalue weighted by Gasteiger charge is -2.27. The van der Waals surface area contributed by atoms with Crippen LogP contribution in [-0.2, 0) is 10.0 Å². The maximum Gasteiger partial charge on any atom is 0.262 e. The van der Waals surface area contributed by atoms with Gasteiger partial charge < -0.3 is 14.8 Å². The van der Waals surface area contributed by atoms with Crippen molar-refractivity contribution in [3.63, 3.8) is 0 Å². The van der Waals surface area contributed by atoms with E-state index in [-0.39, 0.29) is 4.90 Å². The monoisotopic (exact) mass is 243 g/mol. The number of ether oxygens (including phenoxy) is 1. The first-order valence-corrected chi connectivity index (χ1v) is 6.02. The molecule has 1 aromatic carbocycles. The number of anilines is 1. The molecular formula is C9H11N2O4S. The number of sulfonamides is 1. The number of likely N-dealkylation sites (N-methyl/N-ethyl adjacent to an activating group) is 1. The highest BCUT2D eigenvalue weighted by atomic mass is 32.2. The predicted molar refractivity (Wildman–Crippen MR) is 56.7 cm³/mol. The van der Waals surface area contributed by atoms with Crippen LogP contribution >= 0.6 is 0 Å². The molecule has 0 amide bonds. The Kier molecular flexibility index (Phi) is 2.75. The van der Waals surface area contributed by atoms with Crippen LogP contribution in [0.3, 0.4) is 0 Å². The second-order valence-electron chi connectivity index (χ2n) is 3.39. The summed E-state index contributed by atoms with van der Waals surface area (Å²) < 4.78 is 27.9. The van der Waals surface area contributed by atoms with Crippen LogP contribution in [0, 0.1) is 6.61 Å². The summed E-state index contributed by atoms with van der Waals surface area (Å²) >= 11 is 0. The highest BCUT2D eigenvalue weighted by molar-refractivity contribution is 7.89. The molecule has 0 bridgehead atoms. The number of hydrogen-bond acceptors (Lipinski definition) is 5. The maximum atomic E-state index is 11.3. The molecule has 0 unspecified atom stereocenters. The molecule has 1 aromatic rings. The average Bonchev–Trinajstić information content (AvgIpc) is 2.29. The van der Waals surface area contributed by atoms with Crippen LogP contribution in [0.25, 0.3) is 0 Å². The second kappa shape index (κ2) is 3.93. The maximum absolute atomic E-state index is 11.3. The Balaban J connectivity index is 2.47. The van der Waals surface area contributed by atoms with E-state index in [2.05, 4.69) is 0 Å². The van der Waals surface area contributed by atoms with Gasteiger partial charge in [0.15, 0.2) is 6.61 Å². The van der Waals surface area contributed by atoms with E-state index in [9.17, 15) is 8.42 Å². The molecule has 6 nitrogen and oxygen atoms in total. The van der Waals surface area contributed by atoms with E-state index in [1.165, 1.54) is 17.0 Å². The van der Waals surface area contributed by atoms with E-state index in [0.717, 1.165) is 5.69 Å². The lowest BCUT2D eigenvalue weighted by molar-refractivity contribution is 0.242. The van der Waals surface area contributed by atoms with E-state index in [0.29, 0.717) is 12.3 Å². The first-order valence-electron chi connectivity index (χ1n) is 4.54. The number of hydrogen-bond donors (Lipinski definition) is 2. The third-order valence-corrected chi connectivity index (χ3v) is 3.45. The topological polar surface area (TPSA) is 78.9 Å². The molecule has 7 heteroatoms. The molecule has 16 heavy (non-hydrogen) atoms. The fourth-order valence-electron chi connectivity index (χ4n) is 1.46. The van der Waals surface area contributed by atoms with Crippen molar-refractivity contribution >= 4 is 15.7 Å². The fraction of sp³-hybridized carbons (Fsp3) is 0.222. The van der Waals surface area contributed by atoms with Crippen LogP contribution in [0.4, 0.5) is 5.69 Å². The first kappa shape index (κ1) is 11.2. The number of fused-ring (bicyclic) bond motifs is 1. The molecule has 1 radical (unpaired) electrons. The molecule has 0 aliphatic carbocycles. The van der Waals surface area contributed by atoms with E-state index < -0.39 is 10.0 Å². The Morgan fingerprint density at radius 3 is 2.94 bits per heavy atom. The summed E-state index contributed by atoms with van der Waals surface area (Å²) in [6.45, 7) is 2.21. The predicted octanol–water partition coefficient (Wildman–Crippen LogP) is 0.344.